The van der Waals surface area contributed by atoms with Crippen molar-refractivity contribution in [3.8, 4) is 0 Å². The molecule has 2 bridgehead atoms. The third kappa shape index (κ3) is 4.08. The maximum Gasteiger partial charge on any atom is 0.407 e. The summed E-state index contributed by atoms with van der Waals surface area (Å²) in [5.74, 6) is 0.494. The van der Waals surface area contributed by atoms with E-state index >= 15 is 0 Å². The lowest BCUT2D eigenvalue weighted by atomic mass is 9.97. The molecule has 2 unspecified atom stereocenters. The first-order valence-corrected chi connectivity index (χ1v) is 9.09. The van der Waals surface area contributed by atoms with Crippen LogP contribution in [-0.4, -0.2) is 47.9 Å². The van der Waals surface area contributed by atoms with Crippen molar-refractivity contribution < 1.29 is 19.1 Å². The molecule has 26 heavy (non-hydrogen) atoms. The molecule has 0 aromatic carbocycles. The number of methoxy groups -OCH3 is 1. The molecular weight excluding hydrogens is 334 g/mol. The fraction of sp³-hybridized carbons (Fsp3) is 0.632. The van der Waals surface area contributed by atoms with Gasteiger partial charge in [-0.25, -0.2) is 14.6 Å². The zero-order valence-electron chi connectivity index (χ0n) is 15.8. The van der Waals surface area contributed by atoms with E-state index in [4.69, 9.17) is 9.47 Å². The van der Waals surface area contributed by atoms with Crippen molar-refractivity contribution in [2.24, 2.45) is 0 Å². The molecule has 0 aliphatic carbocycles. The Bertz CT molecular complexity index is 654. The Morgan fingerprint density at radius 2 is 1.85 bits per heavy atom. The normalized spacial score (nSPS) is 24.9. The summed E-state index contributed by atoms with van der Waals surface area (Å²) in [7, 11) is 1.36. The molecule has 2 aliphatic rings. The number of anilines is 1. The summed E-state index contributed by atoms with van der Waals surface area (Å²) in [6.45, 7) is 5.59. The molecule has 1 aromatic heterocycles. The van der Waals surface area contributed by atoms with Gasteiger partial charge in [0.15, 0.2) is 0 Å². The van der Waals surface area contributed by atoms with Crippen LogP contribution in [0.4, 0.5) is 10.6 Å². The second-order valence-electron chi connectivity index (χ2n) is 8.00. The minimum atomic E-state index is -0.491. The number of ether oxygens (including phenoxy) is 2. The zero-order chi connectivity index (χ0) is 18.9. The highest BCUT2D eigenvalue weighted by Gasteiger charge is 2.42. The van der Waals surface area contributed by atoms with Gasteiger partial charge in [0, 0.05) is 24.3 Å². The number of hydrogen-bond acceptors (Lipinski definition) is 6. The van der Waals surface area contributed by atoms with E-state index in [1.165, 1.54) is 7.11 Å². The number of alkyl carbamates (subject to hydrolysis) is 1. The number of pyridine rings is 1. The molecular formula is C19H27N3O4. The van der Waals surface area contributed by atoms with E-state index in [1.54, 1.807) is 12.3 Å². The van der Waals surface area contributed by atoms with E-state index in [-0.39, 0.29) is 18.1 Å². The first-order chi connectivity index (χ1) is 12.3. The second kappa shape index (κ2) is 7.13. The lowest BCUT2D eigenvalue weighted by molar-refractivity contribution is 0.0491. The predicted molar refractivity (Wildman–Crippen MR) is 97.3 cm³/mol. The Labute approximate surface area is 154 Å². The van der Waals surface area contributed by atoms with Crippen LogP contribution in [0.3, 0.4) is 0 Å². The molecule has 1 N–H and O–H groups in total. The number of piperidine rings is 1. The summed E-state index contributed by atoms with van der Waals surface area (Å²) in [6, 6.07) is 4.42. The van der Waals surface area contributed by atoms with Crippen molar-refractivity contribution in [1.29, 1.82) is 0 Å². The topological polar surface area (TPSA) is 80.8 Å². The number of fused-ring (bicyclic) bond motifs is 2. The Morgan fingerprint density at radius 1 is 1.19 bits per heavy atom. The van der Waals surface area contributed by atoms with E-state index in [0.717, 1.165) is 31.5 Å². The zero-order valence-corrected chi connectivity index (χ0v) is 15.8. The van der Waals surface area contributed by atoms with Crippen LogP contribution in [-0.2, 0) is 9.47 Å². The molecule has 142 valence electrons. The van der Waals surface area contributed by atoms with Crippen molar-refractivity contribution in [1.82, 2.24) is 10.3 Å². The van der Waals surface area contributed by atoms with Crippen molar-refractivity contribution in [2.45, 2.75) is 70.2 Å². The van der Waals surface area contributed by atoms with Gasteiger partial charge >= 0.3 is 12.1 Å². The highest BCUT2D eigenvalue weighted by Crippen LogP contribution is 2.38. The maximum atomic E-state index is 12.0. The van der Waals surface area contributed by atoms with Gasteiger partial charge in [-0.05, 0) is 58.6 Å². The summed E-state index contributed by atoms with van der Waals surface area (Å²) < 4.78 is 10.1. The number of nitrogens with zero attached hydrogens (tertiary/aromatic N) is 2. The minimum Gasteiger partial charge on any atom is -0.465 e. The summed E-state index contributed by atoms with van der Waals surface area (Å²) >= 11 is 0. The number of rotatable bonds is 3. The lowest BCUT2D eigenvalue weighted by Crippen LogP contribution is -2.51. The molecule has 7 nitrogen and oxygen atoms in total. The Morgan fingerprint density at radius 3 is 2.35 bits per heavy atom. The number of amides is 1. The van der Waals surface area contributed by atoms with Crippen LogP contribution in [0, 0.1) is 0 Å². The van der Waals surface area contributed by atoms with Crippen LogP contribution < -0.4 is 10.2 Å². The third-order valence-corrected chi connectivity index (χ3v) is 4.89. The SMILES string of the molecule is COC(=O)c1ccc(N2C3CCC2CC(NC(=O)OC(C)(C)C)C3)nc1. The van der Waals surface area contributed by atoms with Gasteiger partial charge in [0.25, 0.3) is 0 Å². The molecule has 1 amide bonds. The summed E-state index contributed by atoms with van der Waals surface area (Å²) in [6.07, 6.45) is 5.11. The maximum absolute atomic E-state index is 12.0. The number of carbonyl (C=O) groups is 2. The van der Waals surface area contributed by atoms with E-state index in [2.05, 4.69) is 15.2 Å². The monoisotopic (exact) mass is 361 g/mol. The molecule has 0 spiro atoms. The van der Waals surface area contributed by atoms with E-state index in [9.17, 15) is 9.59 Å². The van der Waals surface area contributed by atoms with Crippen LogP contribution in [0.5, 0.6) is 0 Å². The standard InChI is InChI=1S/C19H27N3O4/c1-19(2,3)26-18(24)21-13-9-14-6-7-15(10-13)22(14)16-8-5-12(11-20-16)17(23)25-4/h5,8,11,13-15H,6-7,9-10H2,1-4H3,(H,21,24). The summed E-state index contributed by atoms with van der Waals surface area (Å²) in [5.41, 5.74) is -0.0419. The largest absolute Gasteiger partial charge is 0.465 e. The van der Waals surface area contributed by atoms with Gasteiger partial charge in [-0.15, -0.1) is 0 Å². The minimum absolute atomic E-state index is 0.118. The first-order valence-electron chi connectivity index (χ1n) is 9.09. The molecule has 0 radical (unpaired) electrons. The number of esters is 1. The Kier molecular flexibility index (Phi) is 5.07. The highest BCUT2D eigenvalue weighted by molar-refractivity contribution is 5.89. The third-order valence-electron chi connectivity index (χ3n) is 4.89. The van der Waals surface area contributed by atoms with E-state index in [0.29, 0.717) is 17.6 Å². The van der Waals surface area contributed by atoms with Crippen molar-refractivity contribution in [3.05, 3.63) is 23.9 Å². The van der Waals surface area contributed by atoms with Gasteiger partial charge in [0.05, 0.1) is 12.7 Å². The van der Waals surface area contributed by atoms with Crippen molar-refractivity contribution in [2.75, 3.05) is 12.0 Å². The van der Waals surface area contributed by atoms with Crippen LogP contribution >= 0.6 is 0 Å². The van der Waals surface area contributed by atoms with Crippen LogP contribution in [0.2, 0.25) is 0 Å². The van der Waals surface area contributed by atoms with Crippen LogP contribution in [0.15, 0.2) is 18.3 Å². The second-order valence-corrected chi connectivity index (χ2v) is 8.00. The summed E-state index contributed by atoms with van der Waals surface area (Å²) in [4.78, 5) is 30.4. The molecule has 0 saturated carbocycles. The van der Waals surface area contributed by atoms with Gasteiger partial charge in [-0.3, -0.25) is 0 Å². The van der Waals surface area contributed by atoms with Crippen LogP contribution in [0.25, 0.3) is 0 Å². The Hall–Kier alpha value is -2.31. The van der Waals surface area contributed by atoms with Crippen molar-refractivity contribution >= 4 is 17.9 Å². The van der Waals surface area contributed by atoms with Crippen molar-refractivity contribution in [3.63, 3.8) is 0 Å². The molecule has 3 rings (SSSR count). The molecule has 2 fully saturated rings. The fourth-order valence-electron chi connectivity index (χ4n) is 3.92. The number of carbonyl (C=O) groups excluding carboxylic acids is 2. The lowest BCUT2D eigenvalue weighted by Gasteiger charge is -2.40. The quantitative estimate of drug-likeness (QED) is 0.834. The van der Waals surface area contributed by atoms with E-state index < -0.39 is 5.60 Å². The van der Waals surface area contributed by atoms with E-state index in [1.807, 2.05) is 26.8 Å². The number of hydrogen-bond donors (Lipinski definition) is 1. The average Bonchev–Trinajstić information content (AvgIpc) is 2.83. The molecule has 1 aromatic rings. The van der Waals surface area contributed by atoms with Gasteiger partial charge < -0.3 is 19.7 Å². The molecule has 2 aliphatic heterocycles. The van der Waals surface area contributed by atoms with Crippen LogP contribution in [0.1, 0.15) is 56.8 Å². The number of nitrogens with one attached hydrogen (secondary N) is 1. The molecule has 7 heteroatoms. The van der Waals surface area contributed by atoms with Gasteiger partial charge in [0.2, 0.25) is 0 Å². The Balaban J connectivity index is 1.64. The fourth-order valence-corrected chi connectivity index (χ4v) is 3.92. The smallest absolute Gasteiger partial charge is 0.407 e. The van der Waals surface area contributed by atoms with Gasteiger partial charge in [-0.1, -0.05) is 0 Å². The molecule has 2 atom stereocenters. The summed E-state index contributed by atoms with van der Waals surface area (Å²) in [5, 5.41) is 3.01. The number of aromatic nitrogens is 1. The molecule has 2 saturated heterocycles. The predicted octanol–water partition coefficient (Wildman–Crippen LogP) is 2.89. The van der Waals surface area contributed by atoms with Gasteiger partial charge in [0.1, 0.15) is 11.4 Å². The molecule has 3 heterocycles. The van der Waals surface area contributed by atoms with Gasteiger partial charge in [-0.2, -0.15) is 0 Å². The average molecular weight is 361 g/mol. The highest BCUT2D eigenvalue weighted by atomic mass is 16.6. The first kappa shape index (κ1) is 18.5.